The summed E-state index contributed by atoms with van der Waals surface area (Å²) in [7, 11) is -4.20. The van der Waals surface area contributed by atoms with Gasteiger partial charge in [0.2, 0.25) is 11.8 Å². The van der Waals surface area contributed by atoms with Gasteiger partial charge in [0.25, 0.3) is 10.0 Å². The fourth-order valence-electron chi connectivity index (χ4n) is 3.94. The Labute approximate surface area is 241 Å². The van der Waals surface area contributed by atoms with Crippen LogP contribution in [0.1, 0.15) is 43.9 Å². The number of sulfonamides is 1. The number of carbonyl (C=O) groups is 2. The zero-order valence-corrected chi connectivity index (χ0v) is 24.9. The van der Waals surface area contributed by atoms with E-state index in [0.717, 1.165) is 15.4 Å². The van der Waals surface area contributed by atoms with Gasteiger partial charge in [-0.05, 0) is 81.6 Å². The van der Waals surface area contributed by atoms with Gasteiger partial charge in [-0.1, -0.05) is 54.4 Å². The lowest BCUT2D eigenvalue weighted by Crippen LogP contribution is -2.52. The molecule has 40 heavy (non-hydrogen) atoms. The first-order chi connectivity index (χ1) is 18.8. The highest BCUT2D eigenvalue weighted by Gasteiger charge is 2.33. The number of halogens is 2. The minimum Gasteiger partial charge on any atom is -0.352 e. The average Bonchev–Trinajstić information content (AvgIpc) is 2.92. The number of amides is 2. The number of nitrogens with zero attached hydrogens (tertiary/aromatic N) is 2. The van der Waals surface area contributed by atoms with E-state index < -0.39 is 34.3 Å². The van der Waals surface area contributed by atoms with Crippen molar-refractivity contribution in [2.45, 2.75) is 64.6 Å². The SMILES string of the molecule is CC[C@@H](C)NC(=O)[C@@H](C)N(Cc1ccc(F)cc1)C(=O)CN(c1ccc(C)c(Cl)c1)S(=O)(=O)c1ccc(C)cc1. The Hall–Kier alpha value is -3.43. The maximum absolute atomic E-state index is 13.9. The summed E-state index contributed by atoms with van der Waals surface area (Å²) < 4.78 is 42.3. The second-order valence-electron chi connectivity index (χ2n) is 9.90. The highest BCUT2D eigenvalue weighted by molar-refractivity contribution is 7.92. The molecule has 7 nitrogen and oxygen atoms in total. The molecule has 0 saturated heterocycles. The lowest BCUT2D eigenvalue weighted by atomic mass is 10.1. The molecule has 0 aliphatic carbocycles. The highest BCUT2D eigenvalue weighted by atomic mass is 35.5. The predicted molar refractivity (Wildman–Crippen MR) is 156 cm³/mol. The van der Waals surface area contributed by atoms with E-state index in [-0.39, 0.29) is 29.1 Å². The van der Waals surface area contributed by atoms with Gasteiger partial charge in [0.05, 0.1) is 10.6 Å². The van der Waals surface area contributed by atoms with Crippen molar-refractivity contribution in [3.8, 4) is 0 Å². The molecule has 0 aliphatic heterocycles. The summed E-state index contributed by atoms with van der Waals surface area (Å²) in [5, 5.41) is 3.22. The van der Waals surface area contributed by atoms with Crippen molar-refractivity contribution in [2.24, 2.45) is 0 Å². The summed E-state index contributed by atoms with van der Waals surface area (Å²) in [4.78, 5) is 28.3. The van der Waals surface area contributed by atoms with Crippen LogP contribution in [-0.4, -0.2) is 43.8 Å². The van der Waals surface area contributed by atoms with E-state index in [9.17, 15) is 22.4 Å². The van der Waals surface area contributed by atoms with E-state index in [2.05, 4.69) is 5.32 Å². The summed E-state index contributed by atoms with van der Waals surface area (Å²) in [6.45, 7) is 8.39. The number of anilines is 1. The van der Waals surface area contributed by atoms with E-state index in [1.54, 1.807) is 38.1 Å². The summed E-state index contributed by atoms with van der Waals surface area (Å²) >= 11 is 6.35. The summed E-state index contributed by atoms with van der Waals surface area (Å²) in [6, 6.07) is 15.6. The van der Waals surface area contributed by atoms with Crippen LogP contribution < -0.4 is 9.62 Å². The Morgan fingerprint density at radius 2 is 1.60 bits per heavy atom. The quantitative estimate of drug-likeness (QED) is 0.315. The summed E-state index contributed by atoms with van der Waals surface area (Å²) in [5.74, 6) is -1.42. The van der Waals surface area contributed by atoms with Crippen LogP contribution in [0, 0.1) is 19.7 Å². The van der Waals surface area contributed by atoms with Gasteiger partial charge in [-0.25, -0.2) is 12.8 Å². The highest BCUT2D eigenvalue weighted by Crippen LogP contribution is 2.29. The molecule has 0 heterocycles. The smallest absolute Gasteiger partial charge is 0.264 e. The lowest BCUT2D eigenvalue weighted by molar-refractivity contribution is -0.139. The van der Waals surface area contributed by atoms with Crippen molar-refractivity contribution in [1.82, 2.24) is 10.2 Å². The van der Waals surface area contributed by atoms with Gasteiger partial charge in [-0.2, -0.15) is 0 Å². The van der Waals surface area contributed by atoms with Crippen molar-refractivity contribution in [3.63, 3.8) is 0 Å². The minimum atomic E-state index is -4.20. The van der Waals surface area contributed by atoms with Crippen molar-refractivity contribution < 1.29 is 22.4 Å². The second-order valence-corrected chi connectivity index (χ2v) is 12.2. The van der Waals surface area contributed by atoms with E-state index in [4.69, 9.17) is 11.6 Å². The van der Waals surface area contributed by atoms with Crippen molar-refractivity contribution in [2.75, 3.05) is 10.8 Å². The van der Waals surface area contributed by atoms with Crippen molar-refractivity contribution in [3.05, 3.63) is 94.3 Å². The third-order valence-electron chi connectivity index (χ3n) is 6.77. The number of nitrogens with one attached hydrogen (secondary N) is 1. The van der Waals surface area contributed by atoms with Gasteiger partial charge >= 0.3 is 0 Å². The van der Waals surface area contributed by atoms with Crippen molar-refractivity contribution >= 4 is 39.1 Å². The molecule has 0 saturated carbocycles. The van der Waals surface area contributed by atoms with Crippen LogP contribution in [0.2, 0.25) is 5.02 Å². The third-order valence-corrected chi connectivity index (χ3v) is 8.96. The molecule has 0 spiro atoms. The van der Waals surface area contributed by atoms with Crippen LogP contribution in [0.15, 0.2) is 71.6 Å². The third kappa shape index (κ3) is 7.61. The van der Waals surface area contributed by atoms with Gasteiger partial charge in [0, 0.05) is 17.6 Å². The maximum atomic E-state index is 13.9. The van der Waals surface area contributed by atoms with E-state index >= 15 is 0 Å². The number of carbonyl (C=O) groups excluding carboxylic acids is 2. The molecule has 3 aromatic carbocycles. The van der Waals surface area contributed by atoms with Crippen LogP contribution in [0.25, 0.3) is 0 Å². The molecule has 0 fully saturated rings. The monoisotopic (exact) mass is 587 g/mol. The molecule has 10 heteroatoms. The fourth-order valence-corrected chi connectivity index (χ4v) is 5.52. The standard InChI is InChI=1S/C30H35ClFN3O4S/c1-6-22(4)33-30(37)23(5)34(18-24-10-12-25(32)13-11-24)29(36)19-35(26-14-9-21(3)28(31)17-26)40(38,39)27-15-7-20(2)8-16-27/h7-17,22-23H,6,18-19H2,1-5H3,(H,33,37)/t22-,23-/m1/s1. The lowest BCUT2D eigenvalue weighted by Gasteiger charge is -2.32. The largest absolute Gasteiger partial charge is 0.352 e. The molecule has 0 aliphatic rings. The summed E-state index contributed by atoms with van der Waals surface area (Å²) in [5.41, 5.74) is 2.43. The number of hydrogen-bond donors (Lipinski definition) is 1. The van der Waals surface area contributed by atoms with Gasteiger partial charge in [-0.3, -0.25) is 13.9 Å². The van der Waals surface area contributed by atoms with Gasteiger partial charge in [0.1, 0.15) is 18.4 Å². The topological polar surface area (TPSA) is 86.8 Å². The molecule has 0 unspecified atom stereocenters. The normalized spacial score (nSPS) is 12.9. The minimum absolute atomic E-state index is 0.00949. The Morgan fingerprint density at radius 1 is 0.975 bits per heavy atom. The molecule has 0 aromatic heterocycles. The number of benzene rings is 3. The van der Waals surface area contributed by atoms with Gasteiger partial charge < -0.3 is 10.2 Å². The molecule has 214 valence electrons. The number of hydrogen-bond acceptors (Lipinski definition) is 4. The molecule has 0 bridgehead atoms. The first-order valence-electron chi connectivity index (χ1n) is 13.0. The molecule has 3 rings (SSSR count). The second kappa shape index (κ2) is 13.3. The number of rotatable bonds is 11. The molecular formula is C30H35ClFN3O4S. The molecule has 2 atom stereocenters. The Balaban J connectivity index is 2.04. The zero-order chi connectivity index (χ0) is 29.6. The van der Waals surface area contributed by atoms with E-state index in [1.807, 2.05) is 20.8 Å². The number of aryl methyl sites for hydroxylation is 2. The first kappa shape index (κ1) is 31.1. The van der Waals surface area contributed by atoms with Crippen LogP contribution in [0.3, 0.4) is 0 Å². The molecule has 1 N–H and O–H groups in total. The Morgan fingerprint density at radius 3 is 2.17 bits per heavy atom. The van der Waals surface area contributed by atoms with Crippen LogP contribution >= 0.6 is 11.6 Å². The fraction of sp³-hybridized carbons (Fsp3) is 0.333. The van der Waals surface area contributed by atoms with Crippen molar-refractivity contribution in [1.29, 1.82) is 0 Å². The molecule has 2 amide bonds. The zero-order valence-electron chi connectivity index (χ0n) is 23.3. The van der Waals surface area contributed by atoms with Crippen LogP contribution in [0.4, 0.5) is 10.1 Å². The van der Waals surface area contributed by atoms with Crippen LogP contribution in [-0.2, 0) is 26.2 Å². The van der Waals surface area contributed by atoms with Crippen LogP contribution in [0.5, 0.6) is 0 Å². The maximum Gasteiger partial charge on any atom is 0.264 e. The Kier molecular flexibility index (Phi) is 10.3. The molecule has 0 radical (unpaired) electrons. The van der Waals surface area contributed by atoms with E-state index in [1.165, 1.54) is 47.4 Å². The van der Waals surface area contributed by atoms with Gasteiger partial charge in [-0.15, -0.1) is 0 Å². The summed E-state index contributed by atoms with van der Waals surface area (Å²) in [6.07, 6.45) is 0.696. The Bertz CT molecular complexity index is 1450. The van der Waals surface area contributed by atoms with E-state index in [0.29, 0.717) is 17.0 Å². The predicted octanol–water partition coefficient (Wildman–Crippen LogP) is 5.62. The first-order valence-corrected chi connectivity index (χ1v) is 14.8. The molecular weight excluding hydrogens is 553 g/mol. The average molecular weight is 588 g/mol. The van der Waals surface area contributed by atoms with Gasteiger partial charge in [0.15, 0.2) is 0 Å². The molecule has 3 aromatic rings.